The predicted molar refractivity (Wildman–Crippen MR) is 99.6 cm³/mol. The number of carbonyl (C=O) groups excluding carboxylic acids is 1. The van der Waals surface area contributed by atoms with Gasteiger partial charge in [0.25, 0.3) is 0 Å². The Hall–Kier alpha value is -1.30. The molecule has 1 heterocycles. The van der Waals surface area contributed by atoms with Crippen molar-refractivity contribution in [1.29, 1.82) is 0 Å². The van der Waals surface area contributed by atoms with E-state index in [1.54, 1.807) is 0 Å². The number of amides is 1. The Morgan fingerprint density at radius 3 is 2.56 bits per heavy atom. The maximum absolute atomic E-state index is 12.3. The molecular formula is C19H34N4O2. The van der Waals surface area contributed by atoms with E-state index in [4.69, 9.17) is 4.74 Å². The molecule has 1 amide bonds. The van der Waals surface area contributed by atoms with Gasteiger partial charge in [-0.1, -0.05) is 12.8 Å². The second-order valence-electron chi connectivity index (χ2n) is 7.60. The molecule has 2 aliphatic carbocycles. The van der Waals surface area contributed by atoms with E-state index in [1.165, 1.54) is 25.7 Å². The standard InChI is InChI=1S/C19H34N4O2/c1-3-20-18(21-14-17(24)23-11-7-8-12-23)22-15-13-16(25-4-2)19(15)9-5-6-10-19/h15-16H,3-14H2,1-2H3,(H2,20,21,22). The maximum atomic E-state index is 12.3. The first-order valence-corrected chi connectivity index (χ1v) is 10.1. The molecule has 3 fully saturated rings. The molecule has 6 heteroatoms. The van der Waals surface area contributed by atoms with Crippen LogP contribution in [0.5, 0.6) is 0 Å². The van der Waals surface area contributed by atoms with Gasteiger partial charge in [0.05, 0.1) is 6.10 Å². The number of guanidine groups is 1. The van der Waals surface area contributed by atoms with E-state index in [0.29, 0.717) is 12.1 Å². The van der Waals surface area contributed by atoms with E-state index in [1.807, 2.05) is 4.90 Å². The van der Waals surface area contributed by atoms with Gasteiger partial charge in [-0.05, 0) is 46.0 Å². The Morgan fingerprint density at radius 2 is 1.92 bits per heavy atom. The third kappa shape index (κ3) is 3.94. The molecule has 0 aromatic heterocycles. The van der Waals surface area contributed by atoms with E-state index in [-0.39, 0.29) is 17.9 Å². The molecule has 0 aromatic rings. The number of likely N-dealkylation sites (tertiary alicyclic amines) is 1. The summed E-state index contributed by atoms with van der Waals surface area (Å²) in [4.78, 5) is 18.8. The molecule has 0 aromatic carbocycles. The molecule has 142 valence electrons. The first-order chi connectivity index (χ1) is 12.2. The summed E-state index contributed by atoms with van der Waals surface area (Å²) in [5.74, 6) is 0.923. The SMILES string of the molecule is CCNC(=NCC(=O)N1CCCC1)NC1CC(OCC)C12CCCC2. The summed E-state index contributed by atoms with van der Waals surface area (Å²) in [5.41, 5.74) is 0.269. The molecule has 2 unspecified atom stereocenters. The molecule has 2 atom stereocenters. The smallest absolute Gasteiger partial charge is 0.244 e. The average Bonchev–Trinajstić information content (AvgIpc) is 3.31. The summed E-state index contributed by atoms with van der Waals surface area (Å²) in [6, 6.07) is 0.409. The number of carbonyl (C=O) groups is 1. The number of rotatable bonds is 6. The summed E-state index contributed by atoms with van der Waals surface area (Å²) in [6.07, 6.45) is 8.73. The lowest BCUT2D eigenvalue weighted by atomic mass is 9.60. The molecule has 1 aliphatic heterocycles. The second kappa shape index (κ2) is 8.39. The van der Waals surface area contributed by atoms with Gasteiger partial charge < -0.3 is 20.3 Å². The lowest BCUT2D eigenvalue weighted by Gasteiger charge is -2.54. The molecule has 25 heavy (non-hydrogen) atoms. The molecular weight excluding hydrogens is 316 g/mol. The molecule has 2 saturated carbocycles. The normalized spacial score (nSPS) is 28.2. The van der Waals surface area contributed by atoms with Crippen LogP contribution in [0.25, 0.3) is 0 Å². The van der Waals surface area contributed by atoms with Crippen LogP contribution >= 0.6 is 0 Å². The van der Waals surface area contributed by atoms with E-state index in [2.05, 4.69) is 29.5 Å². The highest BCUT2D eigenvalue weighted by Crippen LogP contribution is 2.54. The number of aliphatic imine (C=N–C) groups is 1. The van der Waals surface area contributed by atoms with E-state index in [0.717, 1.165) is 51.5 Å². The van der Waals surface area contributed by atoms with Gasteiger partial charge >= 0.3 is 0 Å². The number of nitrogens with one attached hydrogen (secondary N) is 2. The minimum absolute atomic E-state index is 0.145. The van der Waals surface area contributed by atoms with Gasteiger partial charge in [0.1, 0.15) is 6.54 Å². The molecule has 0 bridgehead atoms. The second-order valence-corrected chi connectivity index (χ2v) is 7.60. The van der Waals surface area contributed by atoms with Crippen molar-refractivity contribution in [3.63, 3.8) is 0 Å². The van der Waals surface area contributed by atoms with Crippen molar-refractivity contribution in [2.24, 2.45) is 10.4 Å². The minimum atomic E-state index is 0.145. The molecule has 1 spiro atoms. The molecule has 2 N–H and O–H groups in total. The van der Waals surface area contributed by atoms with Gasteiger partial charge in [0, 0.05) is 37.7 Å². The lowest BCUT2D eigenvalue weighted by molar-refractivity contribution is -0.128. The zero-order valence-corrected chi connectivity index (χ0v) is 15.9. The van der Waals surface area contributed by atoms with Gasteiger partial charge in [-0.3, -0.25) is 4.79 Å². The fourth-order valence-electron chi connectivity index (χ4n) is 4.79. The Labute approximate surface area is 151 Å². The van der Waals surface area contributed by atoms with Crippen molar-refractivity contribution in [2.75, 3.05) is 32.8 Å². The monoisotopic (exact) mass is 350 g/mol. The maximum Gasteiger partial charge on any atom is 0.244 e. The van der Waals surface area contributed by atoms with Crippen LogP contribution in [0.15, 0.2) is 4.99 Å². The Balaban J connectivity index is 1.59. The Morgan fingerprint density at radius 1 is 1.20 bits per heavy atom. The minimum Gasteiger partial charge on any atom is -0.378 e. The highest BCUT2D eigenvalue weighted by Gasteiger charge is 2.56. The van der Waals surface area contributed by atoms with Crippen LogP contribution in [0.2, 0.25) is 0 Å². The molecule has 1 saturated heterocycles. The van der Waals surface area contributed by atoms with Crippen molar-refractivity contribution in [2.45, 2.75) is 70.9 Å². The first-order valence-electron chi connectivity index (χ1n) is 10.1. The Bertz CT molecular complexity index is 482. The Kier molecular flexibility index (Phi) is 6.20. The van der Waals surface area contributed by atoms with Crippen LogP contribution in [-0.2, 0) is 9.53 Å². The first kappa shape index (κ1) is 18.5. The van der Waals surface area contributed by atoms with Crippen LogP contribution < -0.4 is 10.6 Å². The summed E-state index contributed by atoms with van der Waals surface area (Å²) in [6.45, 7) is 7.76. The topological polar surface area (TPSA) is 66.0 Å². The fraction of sp³-hybridized carbons (Fsp3) is 0.895. The molecule has 6 nitrogen and oxygen atoms in total. The number of hydrogen-bond donors (Lipinski definition) is 2. The quantitative estimate of drug-likeness (QED) is 0.567. The fourth-order valence-corrected chi connectivity index (χ4v) is 4.79. The number of hydrogen-bond acceptors (Lipinski definition) is 3. The van der Waals surface area contributed by atoms with Gasteiger partial charge in [-0.2, -0.15) is 0 Å². The van der Waals surface area contributed by atoms with Gasteiger partial charge in [-0.15, -0.1) is 0 Å². The van der Waals surface area contributed by atoms with Crippen molar-refractivity contribution in [1.82, 2.24) is 15.5 Å². The zero-order valence-electron chi connectivity index (χ0n) is 15.9. The van der Waals surface area contributed by atoms with Crippen LogP contribution in [0.1, 0.15) is 58.8 Å². The summed E-state index contributed by atoms with van der Waals surface area (Å²) >= 11 is 0. The zero-order chi connectivity index (χ0) is 17.7. The van der Waals surface area contributed by atoms with Crippen molar-refractivity contribution < 1.29 is 9.53 Å². The van der Waals surface area contributed by atoms with E-state index in [9.17, 15) is 4.79 Å². The van der Waals surface area contributed by atoms with Crippen LogP contribution in [0.3, 0.4) is 0 Å². The number of nitrogens with zero attached hydrogens (tertiary/aromatic N) is 2. The van der Waals surface area contributed by atoms with Gasteiger partial charge in [-0.25, -0.2) is 4.99 Å². The van der Waals surface area contributed by atoms with Crippen molar-refractivity contribution >= 4 is 11.9 Å². The largest absolute Gasteiger partial charge is 0.378 e. The van der Waals surface area contributed by atoms with Gasteiger partial charge in [0.15, 0.2) is 5.96 Å². The molecule has 3 aliphatic rings. The van der Waals surface area contributed by atoms with Crippen LogP contribution in [-0.4, -0.2) is 61.7 Å². The number of ether oxygens (including phenoxy) is 1. The van der Waals surface area contributed by atoms with E-state index < -0.39 is 0 Å². The molecule has 3 rings (SSSR count). The predicted octanol–water partition coefficient (Wildman–Crippen LogP) is 1.90. The highest BCUT2D eigenvalue weighted by atomic mass is 16.5. The molecule has 0 radical (unpaired) electrons. The van der Waals surface area contributed by atoms with Crippen LogP contribution in [0.4, 0.5) is 0 Å². The van der Waals surface area contributed by atoms with E-state index >= 15 is 0 Å². The average molecular weight is 351 g/mol. The van der Waals surface area contributed by atoms with Crippen LogP contribution in [0, 0.1) is 5.41 Å². The summed E-state index contributed by atoms with van der Waals surface area (Å²) < 4.78 is 5.99. The van der Waals surface area contributed by atoms with Crippen molar-refractivity contribution in [3.05, 3.63) is 0 Å². The van der Waals surface area contributed by atoms with Gasteiger partial charge in [0.2, 0.25) is 5.91 Å². The highest BCUT2D eigenvalue weighted by molar-refractivity contribution is 5.85. The van der Waals surface area contributed by atoms with Crippen molar-refractivity contribution in [3.8, 4) is 0 Å². The summed E-state index contributed by atoms with van der Waals surface area (Å²) in [7, 11) is 0. The summed E-state index contributed by atoms with van der Waals surface area (Å²) in [5, 5.41) is 6.92. The third-order valence-corrected chi connectivity index (χ3v) is 6.17. The third-order valence-electron chi connectivity index (χ3n) is 6.17. The lowest BCUT2D eigenvalue weighted by Crippen LogP contribution is -2.65.